The van der Waals surface area contributed by atoms with Crippen molar-refractivity contribution in [2.45, 2.75) is 13.0 Å². The molecule has 0 aliphatic carbocycles. The highest BCUT2D eigenvalue weighted by Gasteiger charge is 2.26. The number of anilines is 1. The van der Waals surface area contributed by atoms with E-state index in [1.54, 1.807) is 7.05 Å². The highest BCUT2D eigenvalue weighted by Crippen LogP contribution is 2.25. The summed E-state index contributed by atoms with van der Waals surface area (Å²) in [6.45, 7) is 3.84. The van der Waals surface area contributed by atoms with Gasteiger partial charge in [0.05, 0.1) is 6.54 Å². The van der Waals surface area contributed by atoms with Crippen molar-refractivity contribution in [1.82, 2.24) is 24.0 Å². The molecule has 182 valence electrons. The fraction of sp³-hybridized carbons (Fsp3) is 0.346. The van der Waals surface area contributed by atoms with E-state index >= 15 is 0 Å². The predicted molar refractivity (Wildman–Crippen MR) is 147 cm³/mol. The molecular weight excluding hydrogens is 555 g/mol. The first kappa shape index (κ1) is 23.8. The van der Waals surface area contributed by atoms with Crippen molar-refractivity contribution in [2.24, 2.45) is 20.0 Å². The third kappa shape index (κ3) is 4.66. The molecule has 35 heavy (non-hydrogen) atoms. The number of hydrogen-bond donors (Lipinski definition) is 1. The molecule has 1 aliphatic heterocycles. The second kappa shape index (κ2) is 9.98. The van der Waals surface area contributed by atoms with E-state index in [0.717, 1.165) is 47.7 Å². The molecule has 1 N–H and O–H groups in total. The van der Waals surface area contributed by atoms with Gasteiger partial charge in [0.15, 0.2) is 11.2 Å². The lowest BCUT2D eigenvalue weighted by atomic mass is 9.99. The molecule has 1 aliphatic rings. The summed E-state index contributed by atoms with van der Waals surface area (Å²) in [5, 5.41) is 3.57. The molecule has 2 aromatic heterocycles. The number of hydrogen-bond acceptors (Lipinski definition) is 5. The van der Waals surface area contributed by atoms with Gasteiger partial charge in [-0.2, -0.15) is 4.98 Å². The highest BCUT2D eigenvalue weighted by atomic mass is 127. The highest BCUT2D eigenvalue weighted by molar-refractivity contribution is 14.1. The van der Waals surface area contributed by atoms with E-state index < -0.39 is 0 Å². The van der Waals surface area contributed by atoms with Crippen LogP contribution in [0.5, 0.6) is 0 Å². The minimum absolute atomic E-state index is 0.318. The van der Waals surface area contributed by atoms with Gasteiger partial charge in [-0.3, -0.25) is 18.5 Å². The molecule has 0 spiro atoms. The molecule has 4 aromatic rings. The van der Waals surface area contributed by atoms with Crippen LogP contribution in [0.15, 0.2) is 64.2 Å². The molecule has 2 aromatic carbocycles. The molecule has 9 heteroatoms. The monoisotopic (exact) mass is 584 g/mol. The van der Waals surface area contributed by atoms with E-state index in [2.05, 4.69) is 69.2 Å². The zero-order chi connectivity index (χ0) is 24.5. The van der Waals surface area contributed by atoms with Crippen molar-refractivity contribution in [3.05, 3.63) is 90.1 Å². The first-order chi connectivity index (χ1) is 16.9. The van der Waals surface area contributed by atoms with Gasteiger partial charge < -0.3 is 10.2 Å². The van der Waals surface area contributed by atoms with E-state index in [1.807, 2.05) is 22.8 Å². The maximum atomic E-state index is 13.3. The van der Waals surface area contributed by atoms with Gasteiger partial charge in [-0.25, -0.2) is 4.79 Å². The molecule has 3 heterocycles. The predicted octanol–water partition coefficient (Wildman–Crippen LogP) is 2.36. The van der Waals surface area contributed by atoms with Crippen molar-refractivity contribution in [3.63, 3.8) is 0 Å². The van der Waals surface area contributed by atoms with Crippen molar-refractivity contribution in [1.29, 1.82) is 0 Å². The van der Waals surface area contributed by atoms with Crippen LogP contribution in [0.2, 0.25) is 0 Å². The molecule has 0 saturated carbocycles. The lowest BCUT2D eigenvalue weighted by Crippen LogP contribution is -2.37. The second-order valence-electron chi connectivity index (χ2n) is 9.17. The molecule has 1 fully saturated rings. The van der Waals surface area contributed by atoms with Crippen LogP contribution in [0.4, 0.5) is 5.95 Å². The normalized spacial score (nSPS) is 16.5. The van der Waals surface area contributed by atoms with Crippen LogP contribution in [-0.4, -0.2) is 44.9 Å². The topological polar surface area (TPSA) is 77.1 Å². The Labute approximate surface area is 217 Å². The largest absolute Gasteiger partial charge is 0.341 e. The Morgan fingerprint density at radius 1 is 1.03 bits per heavy atom. The Bertz CT molecular complexity index is 1470. The van der Waals surface area contributed by atoms with E-state index in [9.17, 15) is 9.59 Å². The van der Waals surface area contributed by atoms with Gasteiger partial charge in [0.2, 0.25) is 5.95 Å². The fourth-order valence-corrected chi connectivity index (χ4v) is 5.43. The molecular formula is C26H29IN6O2. The van der Waals surface area contributed by atoms with Gasteiger partial charge in [-0.05, 0) is 52.1 Å². The molecule has 0 bridgehead atoms. The van der Waals surface area contributed by atoms with E-state index in [0.29, 0.717) is 23.6 Å². The van der Waals surface area contributed by atoms with E-state index in [-0.39, 0.29) is 11.2 Å². The standard InChI is InChI=1S/C26H29IN6O2/c1-30-23-22(24(34)31(2)26(30)35)33(17-20-10-6-7-11-21(20)27)25(29-23)32-13-12-28-15-19(16-32)14-18-8-4-3-5-9-18/h3-11,19,28H,12-17H2,1-2H3. The number of rotatable bonds is 5. The number of halogens is 1. The summed E-state index contributed by atoms with van der Waals surface area (Å²) in [7, 11) is 3.21. The molecule has 0 radical (unpaired) electrons. The zero-order valence-corrected chi connectivity index (χ0v) is 22.1. The average molecular weight is 584 g/mol. The minimum atomic E-state index is -0.368. The Hall–Kier alpha value is -2.92. The van der Waals surface area contributed by atoms with Crippen molar-refractivity contribution >= 4 is 39.7 Å². The number of nitrogens with one attached hydrogen (secondary N) is 1. The van der Waals surface area contributed by atoms with Crippen LogP contribution in [0, 0.1) is 9.49 Å². The average Bonchev–Trinajstić information content (AvgIpc) is 3.08. The Balaban J connectivity index is 1.62. The maximum Gasteiger partial charge on any atom is 0.332 e. The van der Waals surface area contributed by atoms with Crippen LogP contribution in [0.1, 0.15) is 11.1 Å². The molecule has 1 atom stereocenters. The fourth-order valence-electron chi connectivity index (χ4n) is 4.88. The number of aryl methyl sites for hydroxylation is 1. The zero-order valence-electron chi connectivity index (χ0n) is 19.9. The number of benzene rings is 2. The van der Waals surface area contributed by atoms with E-state index in [1.165, 1.54) is 21.7 Å². The lowest BCUT2D eigenvalue weighted by molar-refractivity contribution is 0.510. The lowest BCUT2D eigenvalue weighted by Gasteiger charge is -2.26. The summed E-state index contributed by atoms with van der Waals surface area (Å²) in [6.07, 6.45) is 0.960. The van der Waals surface area contributed by atoms with E-state index in [4.69, 9.17) is 4.98 Å². The third-order valence-electron chi connectivity index (χ3n) is 6.73. The van der Waals surface area contributed by atoms with Gasteiger partial charge >= 0.3 is 5.69 Å². The van der Waals surface area contributed by atoms with Gasteiger partial charge in [0, 0.05) is 43.8 Å². The van der Waals surface area contributed by atoms with Crippen LogP contribution in [0.25, 0.3) is 11.2 Å². The van der Waals surface area contributed by atoms with Crippen LogP contribution >= 0.6 is 22.6 Å². The molecule has 1 saturated heterocycles. The Morgan fingerprint density at radius 3 is 2.54 bits per heavy atom. The summed E-state index contributed by atoms with van der Waals surface area (Å²) in [5.41, 5.74) is 2.62. The van der Waals surface area contributed by atoms with Crippen LogP contribution in [0.3, 0.4) is 0 Å². The summed E-state index contributed by atoms with van der Waals surface area (Å²) < 4.78 is 5.77. The Kier molecular flexibility index (Phi) is 6.79. The van der Waals surface area contributed by atoms with Gasteiger partial charge in [-0.15, -0.1) is 0 Å². The van der Waals surface area contributed by atoms with Gasteiger partial charge in [0.25, 0.3) is 5.56 Å². The van der Waals surface area contributed by atoms with Crippen LogP contribution < -0.4 is 21.5 Å². The first-order valence-electron chi connectivity index (χ1n) is 11.8. The van der Waals surface area contributed by atoms with Crippen molar-refractivity contribution < 1.29 is 0 Å². The smallest absolute Gasteiger partial charge is 0.332 e. The third-order valence-corrected chi connectivity index (χ3v) is 7.79. The summed E-state index contributed by atoms with van der Waals surface area (Å²) in [6, 6.07) is 18.7. The van der Waals surface area contributed by atoms with Crippen molar-refractivity contribution in [3.8, 4) is 0 Å². The quantitative estimate of drug-likeness (QED) is 0.365. The molecule has 8 nitrogen and oxygen atoms in total. The SMILES string of the molecule is Cn1c(=O)c2c(nc(N3CCNCC(Cc4ccccc4)C3)n2Cc2ccccc2I)n(C)c1=O. The number of imidazole rings is 1. The van der Waals surface area contributed by atoms with Crippen LogP contribution in [-0.2, 0) is 27.1 Å². The molecule has 5 rings (SSSR count). The van der Waals surface area contributed by atoms with Gasteiger partial charge in [0.1, 0.15) is 0 Å². The van der Waals surface area contributed by atoms with Crippen molar-refractivity contribution in [2.75, 3.05) is 31.1 Å². The maximum absolute atomic E-state index is 13.3. The number of aromatic nitrogens is 4. The summed E-state index contributed by atoms with van der Waals surface area (Å²) in [4.78, 5) is 33.2. The number of nitrogens with zero attached hydrogens (tertiary/aromatic N) is 5. The minimum Gasteiger partial charge on any atom is -0.341 e. The molecule has 1 unspecified atom stereocenters. The summed E-state index contributed by atoms with van der Waals surface area (Å²) in [5.74, 6) is 1.12. The molecule has 0 amide bonds. The summed E-state index contributed by atoms with van der Waals surface area (Å²) >= 11 is 2.33. The Morgan fingerprint density at radius 2 is 1.77 bits per heavy atom. The number of fused-ring (bicyclic) bond motifs is 1. The first-order valence-corrected chi connectivity index (χ1v) is 12.9. The van der Waals surface area contributed by atoms with Gasteiger partial charge in [-0.1, -0.05) is 48.5 Å². The second-order valence-corrected chi connectivity index (χ2v) is 10.3.